The quantitative estimate of drug-likeness (QED) is 0.848. The van der Waals surface area contributed by atoms with E-state index in [1.165, 1.54) is 11.1 Å². The summed E-state index contributed by atoms with van der Waals surface area (Å²) in [6, 6.07) is 3.64. The van der Waals surface area contributed by atoms with Crippen molar-refractivity contribution in [1.29, 1.82) is 5.26 Å². The molecule has 0 fully saturated rings. The van der Waals surface area contributed by atoms with Gasteiger partial charge in [0.25, 0.3) is 0 Å². The maximum atomic E-state index is 11.8. The summed E-state index contributed by atoms with van der Waals surface area (Å²) in [4.78, 5) is 19.3. The molecule has 0 radical (unpaired) electrons. The number of likely N-dealkylation sites (N-methyl/N-ethyl adjacent to an activating group) is 1. The second-order valence-corrected chi connectivity index (χ2v) is 4.46. The molecule has 1 aromatic heterocycles. The number of aromatic nitrogens is 1. The van der Waals surface area contributed by atoms with Crippen molar-refractivity contribution in [3.05, 3.63) is 17.8 Å². The Labute approximate surface area is 113 Å². The molecule has 0 aliphatic rings. The number of nitrogens with zero attached hydrogens (tertiary/aromatic N) is 4. The van der Waals surface area contributed by atoms with Crippen molar-refractivity contribution in [2.45, 2.75) is 13.3 Å². The molecule has 102 valence electrons. The lowest BCUT2D eigenvalue weighted by Crippen LogP contribution is -2.38. The van der Waals surface area contributed by atoms with Gasteiger partial charge in [0.15, 0.2) is 0 Å². The molecule has 1 rings (SSSR count). The van der Waals surface area contributed by atoms with Gasteiger partial charge in [-0.2, -0.15) is 5.26 Å². The molecule has 0 unspecified atom stereocenters. The number of anilines is 2. The molecule has 0 aromatic carbocycles. The molecule has 6 heteroatoms. The molecule has 2 N–H and O–H groups in total. The lowest BCUT2D eigenvalue weighted by atomic mass is 10.2. The van der Waals surface area contributed by atoms with Crippen LogP contribution in [0.3, 0.4) is 0 Å². The minimum absolute atomic E-state index is 0.0315. The van der Waals surface area contributed by atoms with Crippen molar-refractivity contribution < 1.29 is 4.79 Å². The summed E-state index contributed by atoms with van der Waals surface area (Å²) in [5, 5.41) is 9.14. The lowest BCUT2D eigenvalue weighted by Gasteiger charge is -2.25. The molecule has 0 spiro atoms. The van der Waals surface area contributed by atoms with Crippen LogP contribution < -0.4 is 10.6 Å². The molecule has 1 amide bonds. The molecular weight excluding hydrogens is 242 g/mol. The van der Waals surface area contributed by atoms with Crippen molar-refractivity contribution in [3.8, 4) is 6.07 Å². The van der Waals surface area contributed by atoms with Crippen LogP contribution in [-0.4, -0.2) is 43.0 Å². The highest BCUT2D eigenvalue weighted by Crippen LogP contribution is 2.19. The minimum atomic E-state index is -0.0315. The number of rotatable bonds is 5. The van der Waals surface area contributed by atoms with Crippen LogP contribution in [0.2, 0.25) is 0 Å². The lowest BCUT2D eigenvalue weighted by molar-refractivity contribution is -0.127. The molecule has 0 saturated heterocycles. The zero-order chi connectivity index (χ0) is 14.4. The summed E-state index contributed by atoms with van der Waals surface area (Å²) in [6.45, 7) is 2.87. The summed E-state index contributed by atoms with van der Waals surface area (Å²) in [6.07, 6.45) is 2.36. The van der Waals surface area contributed by atoms with Crippen LogP contribution >= 0.6 is 0 Å². The molecule has 6 nitrogen and oxygen atoms in total. The van der Waals surface area contributed by atoms with Gasteiger partial charge in [0, 0.05) is 20.6 Å². The topological polar surface area (TPSA) is 86.2 Å². The van der Waals surface area contributed by atoms with Crippen molar-refractivity contribution in [1.82, 2.24) is 9.88 Å². The van der Waals surface area contributed by atoms with Crippen molar-refractivity contribution in [2.75, 3.05) is 37.8 Å². The fraction of sp³-hybridized carbons (Fsp3) is 0.462. The fourth-order valence-electron chi connectivity index (χ4n) is 1.64. The zero-order valence-electron chi connectivity index (χ0n) is 11.6. The van der Waals surface area contributed by atoms with Crippen LogP contribution in [0.1, 0.15) is 18.9 Å². The predicted octanol–water partition coefficient (Wildman–Crippen LogP) is 0.840. The van der Waals surface area contributed by atoms with Gasteiger partial charge in [-0.1, -0.05) is 6.92 Å². The Kier molecular flexibility index (Phi) is 5.12. The van der Waals surface area contributed by atoms with Gasteiger partial charge in [0.2, 0.25) is 5.91 Å². The average Bonchev–Trinajstić information content (AvgIpc) is 2.37. The van der Waals surface area contributed by atoms with Gasteiger partial charge in [-0.15, -0.1) is 0 Å². The van der Waals surface area contributed by atoms with E-state index < -0.39 is 0 Å². The van der Waals surface area contributed by atoms with E-state index in [-0.39, 0.29) is 12.5 Å². The molecule has 1 aromatic rings. The number of hydrogen-bond donors (Lipinski definition) is 1. The van der Waals surface area contributed by atoms with E-state index >= 15 is 0 Å². The Hall–Kier alpha value is -2.29. The highest BCUT2D eigenvalue weighted by atomic mass is 16.2. The van der Waals surface area contributed by atoms with Gasteiger partial charge in [-0.05, 0) is 12.5 Å². The van der Waals surface area contributed by atoms with E-state index in [9.17, 15) is 4.79 Å². The van der Waals surface area contributed by atoms with E-state index in [4.69, 9.17) is 11.0 Å². The first kappa shape index (κ1) is 14.8. The standard InChI is InChI=1S/C13H19N5O/c1-4-5-18(9-12(19)17(2)3)13-10(7-14)6-11(15)8-16-13/h6,8H,4-5,9,15H2,1-3H3. The molecule has 0 aliphatic heterocycles. The smallest absolute Gasteiger partial charge is 0.241 e. The SMILES string of the molecule is CCCN(CC(=O)N(C)C)c1ncc(N)cc1C#N. The molecule has 1 heterocycles. The number of nitrogen functional groups attached to an aromatic ring is 1. The van der Waals surface area contributed by atoms with Crippen LogP contribution in [0.25, 0.3) is 0 Å². The first-order chi connectivity index (χ1) is 8.99. The maximum Gasteiger partial charge on any atom is 0.241 e. The van der Waals surface area contributed by atoms with E-state index in [0.717, 1.165) is 6.42 Å². The van der Waals surface area contributed by atoms with Crippen molar-refractivity contribution in [2.24, 2.45) is 0 Å². The van der Waals surface area contributed by atoms with Gasteiger partial charge in [0.05, 0.1) is 24.0 Å². The zero-order valence-corrected chi connectivity index (χ0v) is 11.6. The summed E-state index contributed by atoms with van der Waals surface area (Å²) in [5.74, 6) is 0.477. The molecule has 0 atom stereocenters. The maximum absolute atomic E-state index is 11.8. The molecule has 0 bridgehead atoms. The fourth-order valence-corrected chi connectivity index (χ4v) is 1.64. The molecule has 0 aliphatic carbocycles. The molecular formula is C13H19N5O. The third-order valence-corrected chi connectivity index (χ3v) is 2.63. The number of carbonyl (C=O) groups excluding carboxylic acids is 1. The second-order valence-electron chi connectivity index (χ2n) is 4.46. The number of pyridine rings is 1. The largest absolute Gasteiger partial charge is 0.397 e. The van der Waals surface area contributed by atoms with Gasteiger partial charge in [-0.25, -0.2) is 4.98 Å². The normalized spacial score (nSPS) is 9.79. The van der Waals surface area contributed by atoms with Gasteiger partial charge < -0.3 is 15.5 Å². The average molecular weight is 261 g/mol. The number of nitrogens with two attached hydrogens (primary N) is 1. The van der Waals surface area contributed by atoms with E-state index in [0.29, 0.717) is 23.6 Å². The predicted molar refractivity (Wildman–Crippen MR) is 74.6 cm³/mol. The van der Waals surface area contributed by atoms with Crippen LogP contribution in [-0.2, 0) is 4.79 Å². The number of amides is 1. The van der Waals surface area contributed by atoms with Crippen LogP contribution in [0.4, 0.5) is 11.5 Å². The Morgan fingerprint density at radius 3 is 2.74 bits per heavy atom. The number of hydrogen-bond acceptors (Lipinski definition) is 5. The Morgan fingerprint density at radius 2 is 2.21 bits per heavy atom. The number of carbonyl (C=O) groups is 1. The van der Waals surface area contributed by atoms with E-state index in [1.807, 2.05) is 6.92 Å². The number of nitriles is 1. The second kappa shape index (κ2) is 6.59. The first-order valence-corrected chi connectivity index (χ1v) is 6.10. The van der Waals surface area contributed by atoms with Crippen LogP contribution in [0, 0.1) is 11.3 Å². The van der Waals surface area contributed by atoms with Crippen molar-refractivity contribution >= 4 is 17.4 Å². The first-order valence-electron chi connectivity index (χ1n) is 6.10. The highest BCUT2D eigenvalue weighted by molar-refractivity contribution is 5.81. The van der Waals surface area contributed by atoms with Gasteiger partial charge >= 0.3 is 0 Å². The Bertz CT molecular complexity index is 492. The molecule has 0 saturated carbocycles. The Morgan fingerprint density at radius 1 is 1.53 bits per heavy atom. The van der Waals surface area contributed by atoms with Crippen molar-refractivity contribution in [3.63, 3.8) is 0 Å². The third-order valence-electron chi connectivity index (χ3n) is 2.63. The third kappa shape index (κ3) is 3.85. The summed E-state index contributed by atoms with van der Waals surface area (Å²) < 4.78 is 0. The van der Waals surface area contributed by atoms with Crippen LogP contribution in [0.15, 0.2) is 12.3 Å². The minimum Gasteiger partial charge on any atom is -0.397 e. The van der Waals surface area contributed by atoms with Gasteiger partial charge in [0.1, 0.15) is 11.9 Å². The Balaban J connectivity index is 3.05. The van der Waals surface area contributed by atoms with E-state index in [1.54, 1.807) is 25.1 Å². The highest BCUT2D eigenvalue weighted by Gasteiger charge is 2.17. The molecule has 19 heavy (non-hydrogen) atoms. The van der Waals surface area contributed by atoms with E-state index in [2.05, 4.69) is 11.1 Å². The van der Waals surface area contributed by atoms with Gasteiger partial charge in [-0.3, -0.25) is 4.79 Å². The monoisotopic (exact) mass is 261 g/mol. The summed E-state index contributed by atoms with van der Waals surface area (Å²) in [5.41, 5.74) is 6.45. The summed E-state index contributed by atoms with van der Waals surface area (Å²) in [7, 11) is 3.40. The van der Waals surface area contributed by atoms with Crippen LogP contribution in [0.5, 0.6) is 0 Å². The summed E-state index contributed by atoms with van der Waals surface area (Å²) >= 11 is 0.